The number of nitrogens with one attached hydrogen (secondary N) is 2. The van der Waals surface area contributed by atoms with E-state index in [0.717, 1.165) is 4.90 Å². The number of hydrogen-bond acceptors (Lipinski definition) is 4. The molecule has 1 aromatic heterocycles. The zero-order valence-corrected chi connectivity index (χ0v) is 12.2. The van der Waals surface area contributed by atoms with Crippen molar-refractivity contribution in [2.45, 2.75) is 4.90 Å². The van der Waals surface area contributed by atoms with Gasteiger partial charge in [-0.15, -0.1) is 23.1 Å². The van der Waals surface area contributed by atoms with E-state index in [1.807, 2.05) is 24.5 Å². The molecule has 0 saturated heterocycles. The second kappa shape index (κ2) is 6.44. The lowest BCUT2D eigenvalue weighted by Crippen LogP contribution is -2.20. The molecule has 0 atom stereocenters. The molecule has 0 radical (unpaired) electrons. The van der Waals surface area contributed by atoms with Gasteiger partial charge in [0.2, 0.25) is 0 Å². The van der Waals surface area contributed by atoms with E-state index in [1.54, 1.807) is 23.2 Å². The summed E-state index contributed by atoms with van der Waals surface area (Å²) in [7, 11) is 0. The Balaban J connectivity index is 2.05. The van der Waals surface area contributed by atoms with E-state index in [0.29, 0.717) is 10.7 Å². The van der Waals surface area contributed by atoms with Crippen LogP contribution in [0.5, 0.6) is 0 Å². The fourth-order valence-electron chi connectivity index (χ4n) is 1.54. The van der Waals surface area contributed by atoms with Crippen LogP contribution in [0.25, 0.3) is 0 Å². The predicted octanol–water partition coefficient (Wildman–Crippen LogP) is 3.81. The molecule has 0 aliphatic heterocycles. The topological polar surface area (TPSA) is 78.4 Å². The van der Waals surface area contributed by atoms with Crippen LogP contribution in [0.1, 0.15) is 10.4 Å². The van der Waals surface area contributed by atoms with Crippen LogP contribution in [0.3, 0.4) is 0 Å². The molecule has 104 valence electrons. The van der Waals surface area contributed by atoms with Crippen molar-refractivity contribution in [1.29, 1.82) is 0 Å². The molecule has 1 aromatic carbocycles. The van der Waals surface area contributed by atoms with E-state index in [9.17, 15) is 9.59 Å². The summed E-state index contributed by atoms with van der Waals surface area (Å²) < 4.78 is 0. The third-order valence-corrected chi connectivity index (χ3v) is 4.01. The normalized spacial score (nSPS) is 10.1. The fourth-order valence-corrected chi connectivity index (χ4v) is 2.77. The Morgan fingerprint density at radius 3 is 2.75 bits per heavy atom. The van der Waals surface area contributed by atoms with Crippen LogP contribution in [0, 0.1) is 0 Å². The molecule has 0 fully saturated rings. The first kappa shape index (κ1) is 14.4. The lowest BCUT2D eigenvalue weighted by molar-refractivity contribution is 0.0698. The molecule has 0 unspecified atom stereocenters. The van der Waals surface area contributed by atoms with E-state index >= 15 is 0 Å². The fraction of sp³-hybridized carbons (Fsp3) is 0.0769. The van der Waals surface area contributed by atoms with Crippen LogP contribution < -0.4 is 10.6 Å². The number of hydrogen-bond donors (Lipinski definition) is 3. The number of thiophene rings is 1. The number of carboxylic acid groups (broad SMARTS) is 1. The number of carboxylic acids is 1. The van der Waals surface area contributed by atoms with Crippen LogP contribution in [0.2, 0.25) is 0 Å². The number of anilines is 2. The highest BCUT2D eigenvalue weighted by atomic mass is 32.2. The Morgan fingerprint density at radius 2 is 2.05 bits per heavy atom. The Kier molecular flexibility index (Phi) is 4.65. The van der Waals surface area contributed by atoms with Gasteiger partial charge in [-0.2, -0.15) is 0 Å². The molecule has 0 bridgehead atoms. The molecule has 7 heteroatoms. The van der Waals surface area contributed by atoms with Gasteiger partial charge < -0.3 is 10.4 Å². The third-order valence-electron chi connectivity index (χ3n) is 2.45. The van der Waals surface area contributed by atoms with Crippen molar-refractivity contribution in [2.24, 2.45) is 0 Å². The van der Waals surface area contributed by atoms with Gasteiger partial charge in [0.1, 0.15) is 5.00 Å². The van der Waals surface area contributed by atoms with Gasteiger partial charge in [-0.3, -0.25) is 5.32 Å². The van der Waals surface area contributed by atoms with Gasteiger partial charge in [-0.25, -0.2) is 9.59 Å². The van der Waals surface area contributed by atoms with E-state index in [2.05, 4.69) is 10.6 Å². The summed E-state index contributed by atoms with van der Waals surface area (Å²) in [4.78, 5) is 23.8. The summed E-state index contributed by atoms with van der Waals surface area (Å²) in [5.41, 5.74) is 0.741. The van der Waals surface area contributed by atoms with Crippen LogP contribution in [-0.2, 0) is 0 Å². The predicted molar refractivity (Wildman–Crippen MR) is 82.1 cm³/mol. The molecule has 0 aliphatic carbocycles. The number of benzene rings is 1. The number of carbonyl (C=O) groups excluding carboxylic acids is 1. The Labute approximate surface area is 124 Å². The van der Waals surface area contributed by atoms with E-state index < -0.39 is 12.0 Å². The molecule has 0 spiro atoms. The van der Waals surface area contributed by atoms with Crippen LogP contribution in [-0.4, -0.2) is 23.4 Å². The number of amides is 2. The number of urea groups is 1. The zero-order valence-electron chi connectivity index (χ0n) is 10.5. The summed E-state index contributed by atoms with van der Waals surface area (Å²) in [5.74, 6) is -1.06. The zero-order chi connectivity index (χ0) is 14.5. The lowest BCUT2D eigenvalue weighted by atomic mass is 10.3. The van der Waals surface area contributed by atoms with Gasteiger partial charge in [0, 0.05) is 10.6 Å². The molecule has 2 aromatic rings. The first-order valence-electron chi connectivity index (χ1n) is 5.63. The molecule has 1 heterocycles. The summed E-state index contributed by atoms with van der Waals surface area (Å²) in [6.45, 7) is 0. The van der Waals surface area contributed by atoms with Gasteiger partial charge in [-0.1, -0.05) is 6.07 Å². The largest absolute Gasteiger partial charge is 0.478 e. The maximum Gasteiger partial charge on any atom is 0.338 e. The second-order valence-electron chi connectivity index (χ2n) is 3.78. The number of thioether (sulfide) groups is 1. The number of rotatable bonds is 4. The Morgan fingerprint density at radius 1 is 1.25 bits per heavy atom. The molecule has 2 amide bonds. The first-order valence-corrected chi connectivity index (χ1v) is 7.73. The minimum atomic E-state index is -1.06. The van der Waals surface area contributed by atoms with E-state index in [4.69, 9.17) is 5.11 Å². The van der Waals surface area contributed by atoms with Gasteiger partial charge in [-0.05, 0) is 35.9 Å². The maximum absolute atomic E-state index is 11.8. The van der Waals surface area contributed by atoms with Crippen molar-refractivity contribution in [1.82, 2.24) is 0 Å². The molecule has 5 nitrogen and oxygen atoms in total. The van der Waals surface area contributed by atoms with Gasteiger partial charge in [0.15, 0.2) is 0 Å². The highest BCUT2D eigenvalue weighted by molar-refractivity contribution is 7.98. The number of aromatic carboxylic acids is 1. The maximum atomic E-state index is 11.8. The minimum absolute atomic E-state index is 0.0861. The monoisotopic (exact) mass is 308 g/mol. The smallest absolute Gasteiger partial charge is 0.338 e. The average molecular weight is 308 g/mol. The lowest BCUT2D eigenvalue weighted by Gasteiger charge is -2.07. The standard InChI is InChI=1S/C13H12N2O3S2/c1-19-9-4-2-3-8(7-9)14-13(18)15-11-10(12(16)17)5-6-20-11/h2-7H,1H3,(H,16,17)(H2,14,15,18). The highest BCUT2D eigenvalue weighted by Gasteiger charge is 2.13. The average Bonchev–Trinajstić information content (AvgIpc) is 2.87. The Bertz CT molecular complexity index is 640. The van der Waals surface area contributed by atoms with Crippen molar-refractivity contribution in [3.8, 4) is 0 Å². The van der Waals surface area contributed by atoms with Gasteiger partial charge in [0.05, 0.1) is 5.56 Å². The van der Waals surface area contributed by atoms with Crippen LogP contribution in [0.15, 0.2) is 40.6 Å². The summed E-state index contributed by atoms with van der Waals surface area (Å²) in [6, 6.07) is 8.39. The molecular weight excluding hydrogens is 296 g/mol. The Hall–Kier alpha value is -1.99. The van der Waals surface area contributed by atoms with Crippen molar-refractivity contribution < 1.29 is 14.7 Å². The van der Waals surface area contributed by atoms with E-state index in [-0.39, 0.29) is 5.56 Å². The van der Waals surface area contributed by atoms with Crippen molar-refractivity contribution in [2.75, 3.05) is 16.9 Å². The molecule has 0 saturated carbocycles. The van der Waals surface area contributed by atoms with Gasteiger partial charge in [0.25, 0.3) is 0 Å². The van der Waals surface area contributed by atoms with Crippen molar-refractivity contribution in [3.05, 3.63) is 41.3 Å². The molecular formula is C13H12N2O3S2. The second-order valence-corrected chi connectivity index (χ2v) is 5.58. The first-order chi connectivity index (χ1) is 9.60. The number of carbonyl (C=O) groups is 2. The van der Waals surface area contributed by atoms with Crippen LogP contribution in [0.4, 0.5) is 15.5 Å². The molecule has 0 aliphatic rings. The third kappa shape index (κ3) is 3.52. The van der Waals surface area contributed by atoms with E-state index in [1.165, 1.54) is 17.4 Å². The van der Waals surface area contributed by atoms with Crippen molar-refractivity contribution >= 4 is 45.8 Å². The summed E-state index contributed by atoms with van der Waals surface area (Å²) >= 11 is 2.74. The summed E-state index contributed by atoms with van der Waals surface area (Å²) in [6.07, 6.45) is 1.95. The van der Waals surface area contributed by atoms with Crippen molar-refractivity contribution in [3.63, 3.8) is 0 Å². The molecule has 3 N–H and O–H groups in total. The summed E-state index contributed by atoms with van der Waals surface area (Å²) in [5, 5.41) is 16.1. The molecule has 2 rings (SSSR count). The van der Waals surface area contributed by atoms with Gasteiger partial charge >= 0.3 is 12.0 Å². The minimum Gasteiger partial charge on any atom is -0.478 e. The molecule has 20 heavy (non-hydrogen) atoms. The highest BCUT2D eigenvalue weighted by Crippen LogP contribution is 2.24. The van der Waals surface area contributed by atoms with Crippen LogP contribution >= 0.6 is 23.1 Å². The quantitative estimate of drug-likeness (QED) is 0.750. The SMILES string of the molecule is CSc1cccc(NC(=O)Nc2sccc2C(=O)O)c1.